The number of ether oxygens (including phenoxy) is 2. The van der Waals surface area contributed by atoms with Crippen molar-refractivity contribution in [1.29, 1.82) is 0 Å². The summed E-state index contributed by atoms with van der Waals surface area (Å²) in [6.45, 7) is 3.15. The molecule has 16 heavy (non-hydrogen) atoms. The smallest absolute Gasteiger partial charge is 0.184 e. The number of benzene rings is 1. The summed E-state index contributed by atoms with van der Waals surface area (Å²) in [5.41, 5.74) is 2.29. The molecule has 0 spiro atoms. The third kappa shape index (κ3) is 3.04. The number of aryl methyl sites for hydroxylation is 1. The van der Waals surface area contributed by atoms with Crippen molar-refractivity contribution in [2.24, 2.45) is 0 Å². The van der Waals surface area contributed by atoms with E-state index < -0.39 is 0 Å². The van der Waals surface area contributed by atoms with Crippen LogP contribution in [0.15, 0.2) is 24.3 Å². The highest BCUT2D eigenvalue weighted by Gasteiger charge is 2.18. The van der Waals surface area contributed by atoms with Crippen LogP contribution in [-0.2, 0) is 15.9 Å². The van der Waals surface area contributed by atoms with Crippen LogP contribution in [0.2, 0.25) is 0 Å². The van der Waals surface area contributed by atoms with Crippen LogP contribution >= 0.6 is 0 Å². The van der Waals surface area contributed by atoms with Gasteiger partial charge in [0.2, 0.25) is 0 Å². The Morgan fingerprint density at radius 3 is 2.81 bits per heavy atom. The second-order valence-corrected chi connectivity index (χ2v) is 4.21. The van der Waals surface area contributed by atoms with Crippen molar-refractivity contribution in [2.45, 2.75) is 32.2 Å². The molecule has 3 heteroatoms. The summed E-state index contributed by atoms with van der Waals surface area (Å²) < 4.78 is 10.9. The van der Waals surface area contributed by atoms with E-state index in [2.05, 4.69) is 12.1 Å². The Hall–Kier alpha value is -0.900. The summed E-state index contributed by atoms with van der Waals surface area (Å²) in [6.07, 6.45) is 1.22. The van der Waals surface area contributed by atoms with E-state index in [0.29, 0.717) is 13.2 Å². The molecule has 0 radical (unpaired) electrons. The van der Waals surface area contributed by atoms with E-state index in [0.717, 1.165) is 18.4 Å². The lowest BCUT2D eigenvalue weighted by Gasteiger charge is -2.11. The van der Waals surface area contributed by atoms with Crippen molar-refractivity contribution in [2.75, 3.05) is 13.2 Å². The molecule has 1 aliphatic rings. The molecule has 1 aromatic carbocycles. The normalized spacial score (nSPS) is 18.9. The maximum Gasteiger partial charge on any atom is 0.184 e. The minimum absolute atomic E-state index is 0.202. The Morgan fingerprint density at radius 1 is 1.38 bits per heavy atom. The Bertz CT molecular complexity index is 330. The lowest BCUT2D eigenvalue weighted by atomic mass is 10.0. The van der Waals surface area contributed by atoms with Gasteiger partial charge in [0.25, 0.3) is 0 Å². The first-order chi connectivity index (χ1) is 7.75. The molecule has 0 bridgehead atoms. The van der Waals surface area contributed by atoms with Crippen LogP contribution in [0, 0.1) is 0 Å². The van der Waals surface area contributed by atoms with Crippen LogP contribution in [0.4, 0.5) is 0 Å². The topological polar surface area (TPSA) is 38.7 Å². The SMILES string of the molecule is CC(O)CCc1cccc(C2OCCO2)c1. The first-order valence-electron chi connectivity index (χ1n) is 5.76. The molecule has 1 aromatic rings. The zero-order valence-electron chi connectivity index (χ0n) is 9.56. The van der Waals surface area contributed by atoms with Crippen molar-refractivity contribution in [3.05, 3.63) is 35.4 Å². The highest BCUT2D eigenvalue weighted by Crippen LogP contribution is 2.24. The summed E-state index contributed by atoms with van der Waals surface area (Å²) in [5, 5.41) is 9.25. The number of hydrogen-bond acceptors (Lipinski definition) is 3. The Labute approximate surface area is 96.0 Å². The number of aliphatic hydroxyl groups excluding tert-OH is 1. The molecule has 0 aliphatic carbocycles. The van der Waals surface area contributed by atoms with E-state index in [9.17, 15) is 5.11 Å². The zero-order chi connectivity index (χ0) is 11.4. The standard InChI is InChI=1S/C13H18O3/c1-10(14)5-6-11-3-2-4-12(9-11)13-15-7-8-16-13/h2-4,9-10,13-14H,5-8H2,1H3. The van der Waals surface area contributed by atoms with E-state index in [1.165, 1.54) is 5.56 Å². The lowest BCUT2D eigenvalue weighted by molar-refractivity contribution is -0.0441. The van der Waals surface area contributed by atoms with Gasteiger partial charge in [-0.3, -0.25) is 0 Å². The third-order valence-corrected chi connectivity index (χ3v) is 2.70. The quantitative estimate of drug-likeness (QED) is 0.847. The fourth-order valence-corrected chi connectivity index (χ4v) is 1.82. The predicted octanol–water partition coefficient (Wildman–Crippen LogP) is 2.05. The molecular weight excluding hydrogens is 204 g/mol. The second kappa shape index (κ2) is 5.43. The Balaban J connectivity index is 2.01. The Morgan fingerprint density at radius 2 is 2.12 bits per heavy atom. The molecule has 1 unspecified atom stereocenters. The molecule has 0 saturated carbocycles. The van der Waals surface area contributed by atoms with E-state index in [1.54, 1.807) is 0 Å². The largest absolute Gasteiger partial charge is 0.393 e. The fraction of sp³-hybridized carbons (Fsp3) is 0.538. The van der Waals surface area contributed by atoms with Gasteiger partial charge in [0.05, 0.1) is 19.3 Å². The third-order valence-electron chi connectivity index (χ3n) is 2.70. The van der Waals surface area contributed by atoms with Gasteiger partial charge in [-0.15, -0.1) is 0 Å². The molecule has 0 aromatic heterocycles. The molecule has 3 nitrogen and oxygen atoms in total. The molecule has 88 valence electrons. The second-order valence-electron chi connectivity index (χ2n) is 4.21. The van der Waals surface area contributed by atoms with Crippen molar-refractivity contribution in [3.63, 3.8) is 0 Å². The molecule has 1 aliphatic heterocycles. The van der Waals surface area contributed by atoms with E-state index in [4.69, 9.17) is 9.47 Å². The Kier molecular flexibility index (Phi) is 3.93. The van der Waals surface area contributed by atoms with Gasteiger partial charge >= 0.3 is 0 Å². The van der Waals surface area contributed by atoms with Crippen molar-refractivity contribution >= 4 is 0 Å². The van der Waals surface area contributed by atoms with Gasteiger partial charge in [-0.25, -0.2) is 0 Å². The molecule has 1 saturated heterocycles. The summed E-state index contributed by atoms with van der Waals surface area (Å²) in [6, 6.07) is 8.19. The summed E-state index contributed by atoms with van der Waals surface area (Å²) in [7, 11) is 0. The molecule has 1 fully saturated rings. The summed E-state index contributed by atoms with van der Waals surface area (Å²) in [5.74, 6) is 0. The van der Waals surface area contributed by atoms with Gasteiger partial charge in [0.1, 0.15) is 0 Å². The minimum Gasteiger partial charge on any atom is -0.393 e. The number of hydrogen-bond donors (Lipinski definition) is 1. The van der Waals surface area contributed by atoms with Gasteiger partial charge in [0.15, 0.2) is 6.29 Å². The average molecular weight is 222 g/mol. The van der Waals surface area contributed by atoms with Crippen molar-refractivity contribution in [3.8, 4) is 0 Å². The van der Waals surface area contributed by atoms with E-state index in [1.807, 2.05) is 19.1 Å². The summed E-state index contributed by atoms with van der Waals surface area (Å²) in [4.78, 5) is 0. The van der Waals surface area contributed by atoms with Crippen LogP contribution in [0.3, 0.4) is 0 Å². The maximum atomic E-state index is 9.25. The predicted molar refractivity (Wildman–Crippen MR) is 61.1 cm³/mol. The first-order valence-corrected chi connectivity index (χ1v) is 5.76. The van der Waals surface area contributed by atoms with Crippen LogP contribution in [0.5, 0.6) is 0 Å². The molecular formula is C13H18O3. The molecule has 1 N–H and O–H groups in total. The van der Waals surface area contributed by atoms with Gasteiger partial charge in [0, 0.05) is 5.56 Å². The van der Waals surface area contributed by atoms with Crippen LogP contribution in [0.1, 0.15) is 30.8 Å². The van der Waals surface area contributed by atoms with Crippen LogP contribution < -0.4 is 0 Å². The van der Waals surface area contributed by atoms with Crippen LogP contribution in [-0.4, -0.2) is 24.4 Å². The van der Waals surface area contributed by atoms with Gasteiger partial charge in [-0.2, -0.15) is 0 Å². The zero-order valence-corrected chi connectivity index (χ0v) is 9.56. The summed E-state index contributed by atoms with van der Waals surface area (Å²) >= 11 is 0. The highest BCUT2D eigenvalue weighted by atomic mass is 16.7. The van der Waals surface area contributed by atoms with Crippen molar-refractivity contribution < 1.29 is 14.6 Å². The molecule has 1 atom stereocenters. The van der Waals surface area contributed by atoms with E-state index >= 15 is 0 Å². The van der Waals surface area contributed by atoms with Gasteiger partial charge < -0.3 is 14.6 Å². The van der Waals surface area contributed by atoms with Gasteiger partial charge in [-0.1, -0.05) is 24.3 Å². The minimum atomic E-state index is -0.248. The van der Waals surface area contributed by atoms with Crippen molar-refractivity contribution in [1.82, 2.24) is 0 Å². The number of aliphatic hydroxyl groups is 1. The highest BCUT2D eigenvalue weighted by molar-refractivity contribution is 5.24. The van der Waals surface area contributed by atoms with E-state index in [-0.39, 0.29) is 12.4 Å². The molecule has 2 rings (SSSR count). The lowest BCUT2D eigenvalue weighted by Crippen LogP contribution is -2.03. The van der Waals surface area contributed by atoms with Crippen LogP contribution in [0.25, 0.3) is 0 Å². The first kappa shape index (κ1) is 11.6. The number of rotatable bonds is 4. The monoisotopic (exact) mass is 222 g/mol. The average Bonchev–Trinajstić information content (AvgIpc) is 2.80. The molecule has 0 amide bonds. The van der Waals surface area contributed by atoms with Gasteiger partial charge in [-0.05, 0) is 25.3 Å². The fourth-order valence-electron chi connectivity index (χ4n) is 1.82. The molecule has 1 heterocycles. The maximum absolute atomic E-state index is 9.25.